The van der Waals surface area contributed by atoms with Crippen LogP contribution in [0.25, 0.3) is 0 Å². The van der Waals surface area contributed by atoms with Crippen molar-refractivity contribution in [1.29, 1.82) is 0 Å². The van der Waals surface area contributed by atoms with Gasteiger partial charge in [-0.3, -0.25) is 25.0 Å². The van der Waals surface area contributed by atoms with Crippen LogP contribution in [0.15, 0.2) is 35.5 Å². The fourth-order valence-electron chi connectivity index (χ4n) is 4.34. The van der Waals surface area contributed by atoms with Gasteiger partial charge in [-0.15, -0.1) is 0 Å². The van der Waals surface area contributed by atoms with E-state index in [0.717, 1.165) is 30.8 Å². The summed E-state index contributed by atoms with van der Waals surface area (Å²) >= 11 is 0. The zero-order valence-electron chi connectivity index (χ0n) is 20.4. The molecule has 0 spiro atoms. The predicted molar refractivity (Wildman–Crippen MR) is 131 cm³/mol. The van der Waals surface area contributed by atoms with Gasteiger partial charge in [0.15, 0.2) is 6.61 Å². The third kappa shape index (κ3) is 5.14. The minimum absolute atomic E-state index is 0.0495. The Kier molecular flexibility index (Phi) is 7.31. The average Bonchev–Trinajstić information content (AvgIpc) is 2.85. The van der Waals surface area contributed by atoms with Gasteiger partial charge in [-0.05, 0) is 51.0 Å². The molecule has 4 rings (SSSR count). The number of carbonyl (C=O) groups excluding carboxylic acids is 1. The molecule has 208 valence electrons. The van der Waals surface area contributed by atoms with Gasteiger partial charge in [0.25, 0.3) is 5.91 Å². The van der Waals surface area contributed by atoms with Crippen molar-refractivity contribution in [1.82, 2.24) is 14.7 Å². The van der Waals surface area contributed by atoms with Crippen molar-refractivity contribution in [3.63, 3.8) is 0 Å². The lowest BCUT2D eigenvalue weighted by atomic mass is 9.96. The zero-order chi connectivity index (χ0) is 27.9. The van der Waals surface area contributed by atoms with E-state index < -0.39 is 51.5 Å². The van der Waals surface area contributed by atoms with Crippen molar-refractivity contribution in [2.75, 3.05) is 24.2 Å². The topological polar surface area (TPSA) is 138 Å². The molecule has 15 heteroatoms. The summed E-state index contributed by atoms with van der Waals surface area (Å²) in [6.07, 6.45) is -1.64. The van der Waals surface area contributed by atoms with Gasteiger partial charge in [-0.25, -0.2) is 23.1 Å². The first kappa shape index (κ1) is 28.0. The number of nitrogens with one attached hydrogen (secondary N) is 2. The van der Waals surface area contributed by atoms with Crippen molar-refractivity contribution in [2.45, 2.75) is 49.3 Å². The maximum atomic E-state index is 15.0. The minimum atomic E-state index is -4.34. The lowest BCUT2D eigenvalue weighted by Crippen LogP contribution is -2.60. The Labute approximate surface area is 216 Å². The van der Waals surface area contributed by atoms with E-state index in [0.29, 0.717) is 13.0 Å². The van der Waals surface area contributed by atoms with E-state index in [2.05, 4.69) is 29.7 Å². The number of pyridine rings is 2. The molecule has 2 aliphatic rings. The number of fused-ring (bicyclic) bond motifs is 1. The normalized spacial score (nSPS) is 29.1. The SMILES string of the molecule is C[C@@]1(c2nc(NC(=O)c3ccc(OCC(F)(F)C(F)F)cn3)ccc2F)CS2([O-])NCCC[C@]2(C)C(N)=N1. The average molecular weight is 562 g/mol. The molecule has 4 N–H and O–H groups in total. The summed E-state index contributed by atoms with van der Waals surface area (Å²) in [6, 6.07) is 4.53. The van der Waals surface area contributed by atoms with Gasteiger partial charge in [0, 0.05) is 12.3 Å². The fourth-order valence-corrected chi connectivity index (χ4v) is 7.40. The van der Waals surface area contributed by atoms with Gasteiger partial charge >= 0.3 is 12.3 Å². The molecule has 0 bridgehead atoms. The van der Waals surface area contributed by atoms with Crippen LogP contribution in [0.2, 0.25) is 0 Å². The molecule has 2 aromatic rings. The Hall–Kier alpha value is -3.04. The molecule has 0 radical (unpaired) electrons. The number of rotatable bonds is 7. The van der Waals surface area contributed by atoms with E-state index in [9.17, 15) is 31.3 Å². The second-order valence-electron chi connectivity index (χ2n) is 9.53. The Bertz CT molecular complexity index is 1250. The van der Waals surface area contributed by atoms with Crippen LogP contribution in [0, 0.1) is 5.82 Å². The molecule has 1 amide bonds. The summed E-state index contributed by atoms with van der Waals surface area (Å²) < 4.78 is 86.2. The number of amidine groups is 1. The monoisotopic (exact) mass is 561 g/mol. The number of hydrogen-bond acceptors (Lipinski definition) is 8. The molecule has 3 atom stereocenters. The number of aromatic nitrogens is 2. The van der Waals surface area contributed by atoms with Crippen LogP contribution >= 0.6 is 10.5 Å². The minimum Gasteiger partial charge on any atom is -0.800 e. The number of hydrogen-bond donors (Lipinski definition) is 3. The lowest BCUT2D eigenvalue weighted by molar-refractivity contribution is -0.148. The van der Waals surface area contributed by atoms with E-state index in [4.69, 9.17) is 5.73 Å². The van der Waals surface area contributed by atoms with E-state index in [-0.39, 0.29) is 34.5 Å². The zero-order valence-corrected chi connectivity index (χ0v) is 21.3. The number of nitrogens with zero attached hydrogens (tertiary/aromatic N) is 3. The van der Waals surface area contributed by atoms with Gasteiger partial charge in [0.2, 0.25) is 0 Å². The van der Waals surface area contributed by atoms with E-state index in [1.165, 1.54) is 6.07 Å². The molecule has 38 heavy (non-hydrogen) atoms. The number of anilines is 1. The maximum absolute atomic E-state index is 15.0. The number of amides is 1. The van der Waals surface area contributed by atoms with Crippen molar-refractivity contribution >= 4 is 28.1 Å². The highest BCUT2D eigenvalue weighted by atomic mass is 32.3. The molecular formula is C23H26F5N6O3S-. The highest BCUT2D eigenvalue weighted by Gasteiger charge is 2.50. The van der Waals surface area contributed by atoms with Crippen LogP contribution in [-0.2, 0) is 5.54 Å². The third-order valence-electron chi connectivity index (χ3n) is 6.60. The number of carbonyl (C=O) groups is 1. The van der Waals surface area contributed by atoms with Crippen molar-refractivity contribution < 1.29 is 36.0 Å². The second kappa shape index (κ2) is 9.93. The van der Waals surface area contributed by atoms with E-state index in [1.54, 1.807) is 13.8 Å². The highest BCUT2D eigenvalue weighted by molar-refractivity contribution is 8.29. The number of ether oxygens (including phenoxy) is 1. The first-order chi connectivity index (χ1) is 17.7. The molecule has 1 saturated heterocycles. The second-order valence-corrected chi connectivity index (χ2v) is 12.4. The van der Waals surface area contributed by atoms with Gasteiger partial charge in [-0.1, -0.05) is 0 Å². The quantitative estimate of drug-likeness (QED) is 0.438. The Balaban J connectivity index is 1.52. The molecular weight excluding hydrogens is 535 g/mol. The van der Waals surface area contributed by atoms with Crippen LogP contribution < -0.4 is 20.5 Å². The number of nitrogens with two attached hydrogens (primary N) is 1. The number of halogens is 5. The molecule has 1 unspecified atom stereocenters. The van der Waals surface area contributed by atoms with Gasteiger partial charge in [0.05, 0.1) is 10.9 Å². The van der Waals surface area contributed by atoms with Crippen LogP contribution in [0.5, 0.6) is 5.75 Å². The fraction of sp³-hybridized carbons (Fsp3) is 0.478. The molecule has 2 aliphatic heterocycles. The number of aliphatic imine (C=N–C) groups is 1. The summed E-state index contributed by atoms with van der Waals surface area (Å²) in [5.41, 5.74) is 4.53. The van der Waals surface area contributed by atoms with Crippen molar-refractivity contribution in [3.8, 4) is 5.75 Å². The van der Waals surface area contributed by atoms with E-state index in [1.807, 2.05) is 0 Å². The molecule has 2 aromatic heterocycles. The molecule has 0 saturated carbocycles. The summed E-state index contributed by atoms with van der Waals surface area (Å²) in [5, 5.41) is 2.45. The lowest BCUT2D eigenvalue weighted by Gasteiger charge is -2.66. The standard InChI is InChI=1S/C23H27F5N6O3S/c1-21(12-38(36)22(2,20(29)34-21)8-3-9-31-38)17-14(24)5-7-16(32-17)33-18(35)15-6-4-13(10-30-15)37-11-23(27,28)19(25)26/h4-7,10,19,31,36H,3,8-9,11-12H2,1-2H3,(H2,29,34)(H,32,33,35)/p-1/t21-,22+/m0/s1. The molecule has 4 heterocycles. The Morgan fingerprint density at radius 3 is 2.71 bits per heavy atom. The van der Waals surface area contributed by atoms with Gasteiger partial charge in [-0.2, -0.15) is 8.78 Å². The summed E-state index contributed by atoms with van der Waals surface area (Å²) in [6.45, 7) is 2.30. The molecule has 0 aliphatic carbocycles. The summed E-state index contributed by atoms with van der Waals surface area (Å²) in [7, 11) is -2.77. The summed E-state index contributed by atoms with van der Waals surface area (Å²) in [5.74, 6) is -6.07. The largest absolute Gasteiger partial charge is 0.800 e. The van der Waals surface area contributed by atoms with Crippen LogP contribution in [0.3, 0.4) is 0 Å². The van der Waals surface area contributed by atoms with Crippen molar-refractivity contribution in [2.24, 2.45) is 10.7 Å². The predicted octanol–water partition coefficient (Wildman–Crippen LogP) is 3.73. The highest BCUT2D eigenvalue weighted by Crippen LogP contribution is 2.62. The Morgan fingerprint density at radius 2 is 2.05 bits per heavy atom. The first-order valence-electron chi connectivity index (χ1n) is 11.5. The van der Waals surface area contributed by atoms with E-state index >= 15 is 0 Å². The molecule has 9 nitrogen and oxygen atoms in total. The molecule has 1 fully saturated rings. The van der Waals surface area contributed by atoms with Crippen LogP contribution in [0.1, 0.15) is 42.9 Å². The first-order valence-corrected chi connectivity index (χ1v) is 13.3. The third-order valence-corrected chi connectivity index (χ3v) is 10.1. The molecule has 0 aromatic carbocycles. The van der Waals surface area contributed by atoms with Crippen LogP contribution in [0.4, 0.5) is 27.8 Å². The summed E-state index contributed by atoms with van der Waals surface area (Å²) in [4.78, 5) is 25.2. The van der Waals surface area contributed by atoms with Gasteiger partial charge < -0.3 is 20.3 Å². The Morgan fingerprint density at radius 1 is 1.32 bits per heavy atom. The maximum Gasteiger partial charge on any atom is 0.340 e. The van der Waals surface area contributed by atoms with Crippen molar-refractivity contribution in [3.05, 3.63) is 47.7 Å². The van der Waals surface area contributed by atoms with Crippen LogP contribution in [-0.4, -0.2) is 62.3 Å². The smallest absolute Gasteiger partial charge is 0.340 e. The van der Waals surface area contributed by atoms with Gasteiger partial charge in [0.1, 0.15) is 40.1 Å². The number of alkyl halides is 4.